The Morgan fingerprint density at radius 3 is 1.62 bits per heavy atom. The molecule has 1 fully saturated rings. The van der Waals surface area contributed by atoms with Gasteiger partial charge in [0.15, 0.2) is 0 Å². The first-order valence-corrected chi connectivity index (χ1v) is 5.46. The fraction of sp³-hybridized carbons (Fsp3) is 0.692. The molecule has 1 saturated carbocycles. The van der Waals surface area contributed by atoms with Gasteiger partial charge in [-0.3, -0.25) is 0 Å². The topological polar surface area (TPSA) is 0 Å². The molecule has 2 aliphatic rings. The molecule has 0 bridgehead atoms. The monoisotopic (exact) mass is 176 g/mol. The Labute approximate surface area is 81.7 Å². The van der Waals surface area contributed by atoms with Crippen molar-refractivity contribution in [2.75, 3.05) is 0 Å². The van der Waals surface area contributed by atoms with Gasteiger partial charge in [0.1, 0.15) is 0 Å². The lowest BCUT2D eigenvalue weighted by atomic mass is 9.82. The second-order valence-corrected chi connectivity index (χ2v) is 5.04. The van der Waals surface area contributed by atoms with Gasteiger partial charge in [-0.1, -0.05) is 25.0 Å². The van der Waals surface area contributed by atoms with E-state index in [2.05, 4.69) is 27.7 Å². The summed E-state index contributed by atoms with van der Waals surface area (Å²) in [6.45, 7) is 9.40. The van der Waals surface area contributed by atoms with Crippen LogP contribution in [-0.4, -0.2) is 0 Å². The molecule has 0 aromatic rings. The number of rotatable bonds is 0. The van der Waals surface area contributed by atoms with Gasteiger partial charge in [-0.15, -0.1) is 0 Å². The van der Waals surface area contributed by atoms with Crippen LogP contribution in [0.25, 0.3) is 0 Å². The Morgan fingerprint density at radius 2 is 1.23 bits per heavy atom. The van der Waals surface area contributed by atoms with Gasteiger partial charge in [-0.25, -0.2) is 0 Å². The van der Waals surface area contributed by atoms with Crippen molar-refractivity contribution in [3.8, 4) is 0 Å². The molecule has 72 valence electrons. The molecule has 0 aliphatic heterocycles. The molecule has 0 heterocycles. The fourth-order valence-corrected chi connectivity index (χ4v) is 2.77. The minimum absolute atomic E-state index is 0.356. The smallest absolute Gasteiger partial charge is 0.00703 e. The van der Waals surface area contributed by atoms with Crippen molar-refractivity contribution in [1.82, 2.24) is 0 Å². The van der Waals surface area contributed by atoms with Gasteiger partial charge in [-0.2, -0.15) is 0 Å². The number of fused-ring (bicyclic) bond motifs is 1. The lowest BCUT2D eigenvalue weighted by Gasteiger charge is -2.23. The average Bonchev–Trinajstić information content (AvgIpc) is 2.30. The van der Waals surface area contributed by atoms with E-state index in [9.17, 15) is 0 Å². The summed E-state index contributed by atoms with van der Waals surface area (Å²) in [5.74, 6) is 0. The number of hydrogen-bond acceptors (Lipinski definition) is 0. The van der Waals surface area contributed by atoms with Crippen LogP contribution >= 0.6 is 0 Å². The molecule has 0 amide bonds. The van der Waals surface area contributed by atoms with Crippen LogP contribution < -0.4 is 0 Å². The molecule has 0 spiro atoms. The van der Waals surface area contributed by atoms with E-state index in [1.54, 1.807) is 22.3 Å². The average molecular weight is 176 g/mol. The SMILES string of the molecule is CC1=C2CCCCC2=C(C)C1(C)C. The normalized spacial score (nSPS) is 26.8. The summed E-state index contributed by atoms with van der Waals surface area (Å²) in [4.78, 5) is 0. The molecule has 0 N–H and O–H groups in total. The summed E-state index contributed by atoms with van der Waals surface area (Å²) in [6, 6.07) is 0. The first-order chi connectivity index (χ1) is 6.05. The van der Waals surface area contributed by atoms with Gasteiger partial charge in [0.05, 0.1) is 0 Å². The first-order valence-electron chi connectivity index (χ1n) is 5.46. The van der Waals surface area contributed by atoms with Crippen LogP contribution in [0.2, 0.25) is 0 Å². The summed E-state index contributed by atoms with van der Waals surface area (Å²) in [5.41, 5.74) is 7.04. The van der Waals surface area contributed by atoms with Gasteiger partial charge in [0.2, 0.25) is 0 Å². The molecule has 0 radical (unpaired) electrons. The third-order valence-electron chi connectivity index (χ3n) is 4.25. The Balaban J connectivity index is 2.51. The summed E-state index contributed by atoms with van der Waals surface area (Å²) in [5, 5.41) is 0. The Bertz CT molecular complexity index is 270. The summed E-state index contributed by atoms with van der Waals surface area (Å²) in [6.07, 6.45) is 5.48. The molecular formula is C13H20. The highest BCUT2D eigenvalue weighted by Crippen LogP contribution is 2.50. The van der Waals surface area contributed by atoms with Crippen molar-refractivity contribution < 1.29 is 0 Å². The highest BCUT2D eigenvalue weighted by atomic mass is 14.4. The predicted molar refractivity (Wildman–Crippen MR) is 57.6 cm³/mol. The largest absolute Gasteiger partial charge is 0.0601 e. The fourth-order valence-electron chi connectivity index (χ4n) is 2.77. The zero-order valence-electron chi connectivity index (χ0n) is 9.33. The second kappa shape index (κ2) is 2.73. The van der Waals surface area contributed by atoms with Crippen LogP contribution in [0, 0.1) is 5.41 Å². The van der Waals surface area contributed by atoms with Crippen molar-refractivity contribution in [3.63, 3.8) is 0 Å². The second-order valence-electron chi connectivity index (χ2n) is 5.04. The van der Waals surface area contributed by atoms with Gasteiger partial charge >= 0.3 is 0 Å². The molecule has 0 heteroatoms. The maximum Gasteiger partial charge on any atom is 0.00703 e. The van der Waals surface area contributed by atoms with Gasteiger partial charge in [-0.05, 0) is 50.7 Å². The van der Waals surface area contributed by atoms with E-state index in [1.807, 2.05) is 0 Å². The van der Waals surface area contributed by atoms with Gasteiger partial charge < -0.3 is 0 Å². The molecule has 0 unspecified atom stereocenters. The summed E-state index contributed by atoms with van der Waals surface area (Å²) < 4.78 is 0. The summed E-state index contributed by atoms with van der Waals surface area (Å²) >= 11 is 0. The molecular weight excluding hydrogens is 156 g/mol. The van der Waals surface area contributed by atoms with E-state index in [4.69, 9.17) is 0 Å². The van der Waals surface area contributed by atoms with E-state index < -0.39 is 0 Å². The van der Waals surface area contributed by atoms with Gasteiger partial charge in [0.25, 0.3) is 0 Å². The molecule has 0 aromatic heterocycles. The third kappa shape index (κ3) is 1.11. The summed E-state index contributed by atoms with van der Waals surface area (Å²) in [7, 11) is 0. The van der Waals surface area contributed by atoms with Crippen LogP contribution in [0.15, 0.2) is 22.3 Å². The van der Waals surface area contributed by atoms with E-state index >= 15 is 0 Å². The molecule has 2 rings (SSSR count). The lowest BCUT2D eigenvalue weighted by Crippen LogP contribution is -2.11. The van der Waals surface area contributed by atoms with Crippen LogP contribution in [0.4, 0.5) is 0 Å². The minimum Gasteiger partial charge on any atom is -0.0601 e. The number of hydrogen-bond donors (Lipinski definition) is 0. The van der Waals surface area contributed by atoms with E-state index in [0.717, 1.165) is 0 Å². The van der Waals surface area contributed by atoms with Crippen LogP contribution in [0.3, 0.4) is 0 Å². The standard InChI is InChI=1S/C13H20/c1-9-11-7-5-6-8-12(11)10(2)13(9,3)4/h5-8H2,1-4H3. The quantitative estimate of drug-likeness (QED) is 0.518. The van der Waals surface area contributed by atoms with Crippen molar-refractivity contribution in [2.24, 2.45) is 5.41 Å². The van der Waals surface area contributed by atoms with E-state index in [-0.39, 0.29) is 0 Å². The molecule has 0 saturated heterocycles. The third-order valence-corrected chi connectivity index (χ3v) is 4.25. The van der Waals surface area contributed by atoms with Crippen LogP contribution in [-0.2, 0) is 0 Å². The first kappa shape index (κ1) is 9.05. The molecule has 2 aliphatic carbocycles. The van der Waals surface area contributed by atoms with Gasteiger partial charge in [0, 0.05) is 5.41 Å². The molecule has 13 heavy (non-hydrogen) atoms. The van der Waals surface area contributed by atoms with Crippen LogP contribution in [0.5, 0.6) is 0 Å². The van der Waals surface area contributed by atoms with Crippen molar-refractivity contribution in [1.29, 1.82) is 0 Å². The lowest BCUT2D eigenvalue weighted by molar-refractivity contribution is 0.546. The Hall–Kier alpha value is -0.520. The van der Waals surface area contributed by atoms with Crippen molar-refractivity contribution >= 4 is 0 Å². The van der Waals surface area contributed by atoms with Crippen molar-refractivity contribution in [3.05, 3.63) is 22.3 Å². The maximum absolute atomic E-state index is 2.37. The van der Waals surface area contributed by atoms with Crippen molar-refractivity contribution in [2.45, 2.75) is 53.4 Å². The zero-order valence-corrected chi connectivity index (χ0v) is 9.33. The van der Waals surface area contributed by atoms with Crippen LogP contribution in [0.1, 0.15) is 53.4 Å². The zero-order chi connectivity index (χ0) is 9.64. The minimum atomic E-state index is 0.356. The Morgan fingerprint density at radius 1 is 0.846 bits per heavy atom. The predicted octanol–water partition coefficient (Wildman–Crippen LogP) is 4.23. The van der Waals surface area contributed by atoms with E-state index in [1.165, 1.54) is 25.7 Å². The highest BCUT2D eigenvalue weighted by Gasteiger charge is 2.35. The number of allylic oxidation sites excluding steroid dienone is 4. The highest BCUT2D eigenvalue weighted by molar-refractivity contribution is 5.52. The molecule has 0 aromatic carbocycles. The maximum atomic E-state index is 2.37. The Kier molecular flexibility index (Phi) is 1.90. The molecule has 0 nitrogen and oxygen atoms in total. The van der Waals surface area contributed by atoms with E-state index in [0.29, 0.717) is 5.41 Å². The molecule has 0 atom stereocenters.